The van der Waals surface area contributed by atoms with Crippen LogP contribution >= 0.6 is 0 Å². The van der Waals surface area contributed by atoms with Gasteiger partial charge in [0.1, 0.15) is 13.3 Å². The van der Waals surface area contributed by atoms with Crippen LogP contribution in [0.1, 0.15) is 11.5 Å². The quantitative estimate of drug-likeness (QED) is 0.463. The summed E-state index contributed by atoms with van der Waals surface area (Å²) in [6, 6.07) is 0. The number of hydrogen-bond donors (Lipinski definition) is 0. The number of oxime groups is 1. The second-order valence-electron chi connectivity index (χ2n) is 2.23. The fraction of sp³-hybridized carbons (Fsp3) is 0.429. The van der Waals surface area contributed by atoms with Crippen LogP contribution in [0, 0.1) is 6.92 Å². The van der Waals surface area contributed by atoms with Gasteiger partial charge in [-0.25, -0.2) is 4.98 Å². The standard InChI is InChI=1S/C7H11N3O/c1-6-4-8-7(10(6)2)5-9-11-3/h4-5H,1-3H3/b9-5+. The molecule has 1 aromatic heterocycles. The van der Waals surface area contributed by atoms with Crippen molar-refractivity contribution >= 4 is 6.21 Å². The number of aromatic nitrogens is 2. The summed E-state index contributed by atoms with van der Waals surface area (Å²) >= 11 is 0. The molecular weight excluding hydrogens is 142 g/mol. The van der Waals surface area contributed by atoms with E-state index in [0.29, 0.717) is 0 Å². The van der Waals surface area contributed by atoms with Crippen molar-refractivity contribution in [1.29, 1.82) is 0 Å². The van der Waals surface area contributed by atoms with Crippen LogP contribution in [0.3, 0.4) is 0 Å². The first-order valence-electron chi connectivity index (χ1n) is 3.30. The first-order valence-corrected chi connectivity index (χ1v) is 3.30. The molecule has 0 atom stereocenters. The molecule has 0 unspecified atom stereocenters. The average Bonchev–Trinajstić information content (AvgIpc) is 2.31. The highest BCUT2D eigenvalue weighted by atomic mass is 16.6. The Morgan fingerprint density at radius 1 is 1.73 bits per heavy atom. The lowest BCUT2D eigenvalue weighted by Crippen LogP contribution is -1.97. The SMILES string of the molecule is CO/N=C/c1ncc(C)n1C. The average molecular weight is 153 g/mol. The van der Waals surface area contributed by atoms with Crippen LogP contribution in [-0.2, 0) is 11.9 Å². The van der Waals surface area contributed by atoms with E-state index in [1.54, 1.807) is 12.4 Å². The van der Waals surface area contributed by atoms with Crippen LogP contribution in [0.5, 0.6) is 0 Å². The second kappa shape index (κ2) is 3.18. The second-order valence-corrected chi connectivity index (χ2v) is 2.23. The highest BCUT2D eigenvalue weighted by molar-refractivity contribution is 5.74. The van der Waals surface area contributed by atoms with Gasteiger partial charge in [0.2, 0.25) is 0 Å². The van der Waals surface area contributed by atoms with Crippen molar-refractivity contribution in [3.05, 3.63) is 17.7 Å². The fourth-order valence-corrected chi connectivity index (χ4v) is 0.733. The molecule has 4 heteroatoms. The molecule has 0 N–H and O–H groups in total. The highest BCUT2D eigenvalue weighted by Crippen LogP contribution is 1.97. The van der Waals surface area contributed by atoms with Crippen LogP contribution in [0.25, 0.3) is 0 Å². The minimum Gasteiger partial charge on any atom is -0.399 e. The third-order valence-corrected chi connectivity index (χ3v) is 1.53. The van der Waals surface area contributed by atoms with Gasteiger partial charge in [0.15, 0.2) is 5.82 Å². The smallest absolute Gasteiger partial charge is 0.154 e. The zero-order chi connectivity index (χ0) is 8.27. The molecule has 1 aromatic rings. The van der Waals surface area contributed by atoms with Crippen molar-refractivity contribution in [2.75, 3.05) is 7.11 Å². The number of nitrogens with zero attached hydrogens (tertiary/aromatic N) is 3. The maximum atomic E-state index is 4.53. The summed E-state index contributed by atoms with van der Waals surface area (Å²) in [6.07, 6.45) is 3.37. The molecular formula is C7H11N3O. The van der Waals surface area contributed by atoms with Crippen LogP contribution < -0.4 is 0 Å². The predicted octanol–water partition coefficient (Wildman–Crippen LogP) is 0.709. The first-order chi connectivity index (χ1) is 5.25. The first kappa shape index (κ1) is 7.78. The summed E-state index contributed by atoms with van der Waals surface area (Å²) in [5.74, 6) is 0.796. The molecule has 11 heavy (non-hydrogen) atoms. The Balaban J connectivity index is 2.87. The lowest BCUT2D eigenvalue weighted by molar-refractivity contribution is 0.215. The predicted molar refractivity (Wildman–Crippen MR) is 42.5 cm³/mol. The minimum atomic E-state index is 0.796. The van der Waals surface area contributed by atoms with Gasteiger partial charge in [-0.2, -0.15) is 0 Å². The molecule has 0 amide bonds. The summed E-state index contributed by atoms with van der Waals surface area (Å²) in [6.45, 7) is 1.98. The molecule has 4 nitrogen and oxygen atoms in total. The third-order valence-electron chi connectivity index (χ3n) is 1.53. The Kier molecular flexibility index (Phi) is 2.25. The van der Waals surface area contributed by atoms with Crippen molar-refractivity contribution in [1.82, 2.24) is 9.55 Å². The van der Waals surface area contributed by atoms with Gasteiger partial charge in [-0.1, -0.05) is 5.16 Å². The van der Waals surface area contributed by atoms with E-state index in [1.807, 2.05) is 18.5 Å². The Morgan fingerprint density at radius 3 is 2.91 bits per heavy atom. The molecule has 0 radical (unpaired) electrons. The Morgan fingerprint density at radius 2 is 2.45 bits per heavy atom. The maximum absolute atomic E-state index is 4.53. The molecule has 0 aromatic carbocycles. The van der Waals surface area contributed by atoms with Gasteiger partial charge >= 0.3 is 0 Å². The van der Waals surface area contributed by atoms with E-state index in [0.717, 1.165) is 11.5 Å². The van der Waals surface area contributed by atoms with Crippen LogP contribution in [-0.4, -0.2) is 22.9 Å². The van der Waals surface area contributed by atoms with Crippen molar-refractivity contribution in [3.8, 4) is 0 Å². The lowest BCUT2D eigenvalue weighted by Gasteiger charge is -1.95. The van der Waals surface area contributed by atoms with Crippen molar-refractivity contribution in [2.45, 2.75) is 6.92 Å². The summed E-state index contributed by atoms with van der Waals surface area (Å²) in [5, 5.41) is 3.61. The Bertz CT molecular complexity index is 265. The summed E-state index contributed by atoms with van der Waals surface area (Å²) in [5.41, 5.74) is 1.10. The third kappa shape index (κ3) is 1.58. The van der Waals surface area contributed by atoms with Crippen molar-refractivity contribution < 1.29 is 4.84 Å². The van der Waals surface area contributed by atoms with Crippen molar-refractivity contribution in [2.24, 2.45) is 12.2 Å². The largest absolute Gasteiger partial charge is 0.399 e. The van der Waals surface area contributed by atoms with Gasteiger partial charge in [0.25, 0.3) is 0 Å². The molecule has 0 saturated carbocycles. The molecule has 0 aliphatic carbocycles. The molecule has 0 aliphatic heterocycles. The molecule has 0 spiro atoms. The van der Waals surface area contributed by atoms with E-state index < -0.39 is 0 Å². The van der Waals surface area contributed by atoms with E-state index in [9.17, 15) is 0 Å². The van der Waals surface area contributed by atoms with Gasteiger partial charge in [0.05, 0.1) is 0 Å². The van der Waals surface area contributed by atoms with Crippen LogP contribution in [0.4, 0.5) is 0 Å². The zero-order valence-electron chi connectivity index (χ0n) is 6.90. The number of hydrogen-bond acceptors (Lipinski definition) is 3. The van der Waals surface area contributed by atoms with Crippen molar-refractivity contribution in [3.63, 3.8) is 0 Å². The molecule has 0 saturated heterocycles. The maximum Gasteiger partial charge on any atom is 0.154 e. The van der Waals surface area contributed by atoms with Gasteiger partial charge < -0.3 is 9.40 Å². The minimum absolute atomic E-state index is 0.796. The lowest BCUT2D eigenvalue weighted by atomic mass is 10.5. The number of aryl methyl sites for hydroxylation is 1. The molecule has 0 bridgehead atoms. The van der Waals surface area contributed by atoms with Gasteiger partial charge in [0, 0.05) is 18.9 Å². The van der Waals surface area contributed by atoms with E-state index in [4.69, 9.17) is 0 Å². The number of rotatable bonds is 2. The van der Waals surface area contributed by atoms with E-state index in [2.05, 4.69) is 15.0 Å². The van der Waals surface area contributed by atoms with Gasteiger partial charge in [-0.3, -0.25) is 0 Å². The number of imidazole rings is 1. The van der Waals surface area contributed by atoms with E-state index in [-0.39, 0.29) is 0 Å². The topological polar surface area (TPSA) is 39.4 Å². The Labute approximate surface area is 65.5 Å². The highest BCUT2D eigenvalue weighted by Gasteiger charge is 1.97. The molecule has 1 rings (SSSR count). The van der Waals surface area contributed by atoms with Crippen LogP contribution in [0.15, 0.2) is 11.4 Å². The normalized spacial score (nSPS) is 10.8. The molecule has 1 heterocycles. The monoisotopic (exact) mass is 153 g/mol. The summed E-state index contributed by atoms with van der Waals surface area (Å²) < 4.78 is 1.93. The van der Waals surface area contributed by atoms with Crippen LogP contribution in [0.2, 0.25) is 0 Å². The fourth-order valence-electron chi connectivity index (χ4n) is 0.733. The van der Waals surface area contributed by atoms with Gasteiger partial charge in [-0.05, 0) is 6.92 Å². The summed E-state index contributed by atoms with van der Waals surface area (Å²) in [7, 11) is 3.44. The molecule has 60 valence electrons. The zero-order valence-corrected chi connectivity index (χ0v) is 6.90. The van der Waals surface area contributed by atoms with Gasteiger partial charge in [-0.15, -0.1) is 0 Å². The Hall–Kier alpha value is -1.32. The molecule has 0 aliphatic rings. The molecule has 0 fully saturated rings. The van der Waals surface area contributed by atoms with E-state index in [1.165, 1.54) is 7.11 Å². The summed E-state index contributed by atoms with van der Waals surface area (Å²) in [4.78, 5) is 8.61. The van der Waals surface area contributed by atoms with E-state index >= 15 is 0 Å².